The van der Waals surface area contributed by atoms with E-state index < -0.39 is 18.3 Å². The van der Waals surface area contributed by atoms with E-state index >= 15 is 0 Å². The van der Waals surface area contributed by atoms with Gasteiger partial charge in [-0.2, -0.15) is 0 Å². The zero-order valence-corrected chi connectivity index (χ0v) is 34.7. The molecular weight excluding hydrogens is 635 g/mol. The molecule has 2 atom stereocenters. The smallest absolute Gasteiger partial charge is 0.407 e. The molecule has 0 saturated heterocycles. The first-order chi connectivity index (χ1) is 24.9. The first-order valence-corrected chi connectivity index (χ1v) is 22.6. The summed E-state index contributed by atoms with van der Waals surface area (Å²) in [6.07, 6.45) is 40.9. The second-order valence-electron chi connectivity index (χ2n) is 15.7. The minimum atomic E-state index is -0.651. The Morgan fingerprint density at radius 2 is 0.765 bits per heavy atom. The van der Waals surface area contributed by atoms with E-state index in [0.29, 0.717) is 13.1 Å². The fourth-order valence-electron chi connectivity index (χ4n) is 6.98. The summed E-state index contributed by atoms with van der Waals surface area (Å²) in [7, 11) is 0. The molecule has 0 fully saturated rings. The normalized spacial score (nSPS) is 12.5. The van der Waals surface area contributed by atoms with Gasteiger partial charge in [-0.3, -0.25) is 0 Å². The molecule has 7 nitrogen and oxygen atoms in total. The SMILES string of the molecule is CCCCCCCCCCCCCCCCCCNC(=O)OC(C)CN(CC(C)O)C(=O)NCCCCCCCCCCCCCCCCCC. The molecule has 0 aliphatic carbocycles. The Morgan fingerprint density at radius 3 is 1.08 bits per heavy atom. The molecule has 0 rings (SSSR count). The number of ether oxygens (including phenoxy) is 1. The van der Waals surface area contributed by atoms with Gasteiger partial charge >= 0.3 is 12.1 Å². The minimum Gasteiger partial charge on any atom is -0.445 e. The molecule has 0 spiro atoms. The fraction of sp³-hybridized carbons (Fsp3) is 0.955. The van der Waals surface area contributed by atoms with Crippen molar-refractivity contribution in [3.63, 3.8) is 0 Å². The molecule has 0 aromatic carbocycles. The lowest BCUT2D eigenvalue weighted by molar-refractivity contribution is 0.0717. The van der Waals surface area contributed by atoms with Gasteiger partial charge in [0, 0.05) is 19.6 Å². The van der Waals surface area contributed by atoms with Crippen LogP contribution in [0.3, 0.4) is 0 Å². The van der Waals surface area contributed by atoms with E-state index in [1.165, 1.54) is 180 Å². The van der Waals surface area contributed by atoms with E-state index in [9.17, 15) is 14.7 Å². The van der Waals surface area contributed by atoms with Gasteiger partial charge in [0.05, 0.1) is 12.6 Å². The zero-order chi connectivity index (χ0) is 37.5. The maximum atomic E-state index is 12.9. The van der Waals surface area contributed by atoms with Gasteiger partial charge in [-0.1, -0.05) is 206 Å². The molecule has 304 valence electrons. The minimum absolute atomic E-state index is 0.208. The zero-order valence-electron chi connectivity index (χ0n) is 34.7. The molecular formula is C44H89N3O4. The fourth-order valence-corrected chi connectivity index (χ4v) is 6.98. The van der Waals surface area contributed by atoms with E-state index in [4.69, 9.17) is 4.74 Å². The van der Waals surface area contributed by atoms with Crippen molar-refractivity contribution >= 4 is 12.1 Å². The Bertz CT molecular complexity index is 735. The Kier molecular flexibility index (Phi) is 38.5. The predicted molar refractivity (Wildman–Crippen MR) is 220 cm³/mol. The molecule has 0 aliphatic rings. The van der Waals surface area contributed by atoms with Crippen molar-refractivity contribution < 1.29 is 19.4 Å². The Hall–Kier alpha value is -1.50. The van der Waals surface area contributed by atoms with Crippen LogP contribution in [-0.2, 0) is 4.74 Å². The number of aliphatic hydroxyl groups excluding tert-OH is 1. The molecule has 0 saturated carbocycles. The third-order valence-corrected chi connectivity index (χ3v) is 10.2. The van der Waals surface area contributed by atoms with Crippen molar-refractivity contribution in [3.8, 4) is 0 Å². The van der Waals surface area contributed by atoms with Crippen LogP contribution in [0.15, 0.2) is 0 Å². The first-order valence-electron chi connectivity index (χ1n) is 22.6. The maximum absolute atomic E-state index is 12.9. The molecule has 0 aromatic rings. The lowest BCUT2D eigenvalue weighted by atomic mass is 10.0. The Balaban J connectivity index is 3.77. The maximum Gasteiger partial charge on any atom is 0.407 e. The Morgan fingerprint density at radius 1 is 0.471 bits per heavy atom. The van der Waals surface area contributed by atoms with Crippen molar-refractivity contribution in [1.82, 2.24) is 15.5 Å². The van der Waals surface area contributed by atoms with E-state index in [0.717, 1.165) is 25.7 Å². The number of carbonyl (C=O) groups excluding carboxylic acids is 2. The van der Waals surface area contributed by atoms with Gasteiger partial charge in [0.1, 0.15) is 6.10 Å². The number of urea groups is 1. The lowest BCUT2D eigenvalue weighted by Crippen LogP contribution is -2.47. The number of amides is 3. The summed E-state index contributed by atoms with van der Waals surface area (Å²) in [5, 5.41) is 15.8. The number of carbonyl (C=O) groups is 2. The molecule has 2 unspecified atom stereocenters. The van der Waals surface area contributed by atoms with Gasteiger partial charge in [0.25, 0.3) is 0 Å². The summed E-state index contributed by atoms with van der Waals surface area (Å²) < 4.78 is 5.53. The van der Waals surface area contributed by atoms with E-state index in [2.05, 4.69) is 24.5 Å². The van der Waals surface area contributed by atoms with Crippen LogP contribution in [0.4, 0.5) is 9.59 Å². The van der Waals surface area contributed by atoms with Gasteiger partial charge in [-0.25, -0.2) is 9.59 Å². The third-order valence-electron chi connectivity index (χ3n) is 10.2. The average Bonchev–Trinajstić information content (AvgIpc) is 3.10. The molecule has 0 bridgehead atoms. The van der Waals surface area contributed by atoms with Crippen molar-refractivity contribution in [1.29, 1.82) is 0 Å². The van der Waals surface area contributed by atoms with Crippen LogP contribution in [0.2, 0.25) is 0 Å². The summed E-state index contributed by atoms with van der Waals surface area (Å²) >= 11 is 0. The quantitative estimate of drug-likeness (QED) is 0.0551. The van der Waals surface area contributed by atoms with Crippen molar-refractivity contribution in [2.24, 2.45) is 0 Å². The third kappa shape index (κ3) is 38.0. The number of nitrogens with one attached hydrogen (secondary N) is 2. The molecule has 3 amide bonds. The second kappa shape index (κ2) is 39.7. The number of nitrogens with zero attached hydrogens (tertiary/aromatic N) is 1. The van der Waals surface area contributed by atoms with Crippen LogP contribution in [0.1, 0.15) is 233 Å². The van der Waals surface area contributed by atoms with Gasteiger partial charge in [0.2, 0.25) is 0 Å². The number of rotatable bonds is 39. The predicted octanol–water partition coefficient (Wildman–Crippen LogP) is 13.0. The molecule has 3 N–H and O–H groups in total. The lowest BCUT2D eigenvalue weighted by Gasteiger charge is -2.27. The highest BCUT2D eigenvalue weighted by Gasteiger charge is 2.20. The highest BCUT2D eigenvalue weighted by Crippen LogP contribution is 2.15. The van der Waals surface area contributed by atoms with E-state index in [1.807, 2.05) is 0 Å². The molecule has 0 aromatic heterocycles. The van der Waals surface area contributed by atoms with Crippen LogP contribution >= 0.6 is 0 Å². The largest absolute Gasteiger partial charge is 0.445 e. The van der Waals surface area contributed by atoms with Crippen LogP contribution in [0.5, 0.6) is 0 Å². The van der Waals surface area contributed by atoms with Crippen LogP contribution in [-0.4, -0.2) is 60.5 Å². The van der Waals surface area contributed by atoms with Crippen molar-refractivity contribution in [2.75, 3.05) is 26.2 Å². The first kappa shape index (κ1) is 49.5. The topological polar surface area (TPSA) is 90.9 Å². The van der Waals surface area contributed by atoms with Crippen molar-refractivity contribution in [2.45, 2.75) is 245 Å². The number of unbranched alkanes of at least 4 members (excludes halogenated alkanes) is 30. The van der Waals surface area contributed by atoms with Gasteiger partial charge in [-0.15, -0.1) is 0 Å². The average molecular weight is 724 g/mol. The molecule has 51 heavy (non-hydrogen) atoms. The van der Waals surface area contributed by atoms with E-state index in [1.54, 1.807) is 18.7 Å². The van der Waals surface area contributed by atoms with Crippen molar-refractivity contribution in [3.05, 3.63) is 0 Å². The summed E-state index contributed by atoms with van der Waals surface area (Å²) in [5.74, 6) is 0. The van der Waals surface area contributed by atoms with Gasteiger partial charge in [-0.05, 0) is 26.7 Å². The molecule has 0 aliphatic heterocycles. The highest BCUT2D eigenvalue weighted by molar-refractivity contribution is 5.74. The summed E-state index contributed by atoms with van der Waals surface area (Å²) in [4.78, 5) is 26.7. The summed E-state index contributed by atoms with van der Waals surface area (Å²) in [5.41, 5.74) is 0. The molecule has 0 radical (unpaired) electrons. The monoisotopic (exact) mass is 724 g/mol. The van der Waals surface area contributed by atoms with Crippen LogP contribution in [0.25, 0.3) is 0 Å². The number of hydrogen-bond donors (Lipinski definition) is 3. The number of alkyl carbamates (subject to hydrolysis) is 1. The number of aliphatic hydroxyl groups is 1. The standard InChI is InChI=1S/C44H89N3O4/c1-5-7-9-11-13-15-17-19-21-23-25-27-29-31-33-35-37-45-43(49)47(39-41(3)48)40-42(4)51-44(50)46-38-36-34-32-30-28-26-24-22-20-18-16-14-12-10-8-6-2/h41-42,48H,5-40H2,1-4H3,(H,45,49)(H,46,50). The van der Waals surface area contributed by atoms with Crippen LogP contribution < -0.4 is 10.6 Å². The Labute approximate surface area is 318 Å². The van der Waals surface area contributed by atoms with E-state index in [-0.39, 0.29) is 19.1 Å². The number of hydrogen-bond acceptors (Lipinski definition) is 4. The summed E-state index contributed by atoms with van der Waals surface area (Å²) in [6, 6.07) is -0.208. The highest BCUT2D eigenvalue weighted by atomic mass is 16.6. The second-order valence-corrected chi connectivity index (χ2v) is 15.7. The van der Waals surface area contributed by atoms with Crippen LogP contribution in [0, 0.1) is 0 Å². The van der Waals surface area contributed by atoms with Gasteiger partial charge in [0.15, 0.2) is 0 Å². The molecule has 7 heteroatoms. The summed E-state index contributed by atoms with van der Waals surface area (Å²) in [6.45, 7) is 9.73. The van der Waals surface area contributed by atoms with Gasteiger partial charge < -0.3 is 25.4 Å². The molecule has 0 heterocycles.